The fraction of sp³-hybridized carbons (Fsp3) is 0.684. The first-order valence-electron chi connectivity index (χ1n) is 8.73. The fourth-order valence-electron chi connectivity index (χ4n) is 3.37. The molecule has 116 valence electrons. The van der Waals surface area contributed by atoms with Crippen LogP contribution in [0.3, 0.4) is 0 Å². The minimum Gasteiger partial charge on any atom is -0.378 e. The van der Waals surface area contributed by atoms with Gasteiger partial charge in [-0.2, -0.15) is 0 Å². The van der Waals surface area contributed by atoms with Crippen molar-refractivity contribution in [1.29, 1.82) is 0 Å². The molecular weight excluding hydrogens is 258 g/mol. The normalized spacial score (nSPS) is 23.4. The monoisotopic (exact) mass is 287 g/mol. The summed E-state index contributed by atoms with van der Waals surface area (Å²) in [5.74, 6) is 0.659. The van der Waals surface area contributed by atoms with E-state index in [1.807, 2.05) is 0 Å². The fourth-order valence-corrected chi connectivity index (χ4v) is 3.37. The van der Waals surface area contributed by atoms with E-state index >= 15 is 0 Å². The van der Waals surface area contributed by atoms with Crippen LogP contribution < -0.4 is 5.32 Å². The topological polar surface area (TPSA) is 21.3 Å². The summed E-state index contributed by atoms with van der Waals surface area (Å²) in [6.07, 6.45) is 9.63. The molecule has 2 fully saturated rings. The van der Waals surface area contributed by atoms with Crippen molar-refractivity contribution in [1.82, 2.24) is 5.32 Å². The molecule has 3 rings (SSSR count). The Hall–Kier alpha value is -0.860. The number of hydrogen-bond acceptors (Lipinski definition) is 2. The van der Waals surface area contributed by atoms with Crippen LogP contribution in [0.15, 0.2) is 24.3 Å². The van der Waals surface area contributed by atoms with Crippen LogP contribution in [-0.2, 0) is 4.74 Å². The minimum atomic E-state index is 0.541. The molecule has 1 N–H and O–H groups in total. The number of benzene rings is 1. The van der Waals surface area contributed by atoms with Gasteiger partial charge in [-0.1, -0.05) is 36.2 Å². The lowest BCUT2D eigenvalue weighted by molar-refractivity contribution is 0.101. The smallest absolute Gasteiger partial charge is 0.0576 e. The summed E-state index contributed by atoms with van der Waals surface area (Å²) in [5, 5.41) is 3.72. The van der Waals surface area contributed by atoms with Crippen molar-refractivity contribution in [3.8, 4) is 0 Å². The molecule has 2 atom stereocenters. The molecule has 0 radical (unpaired) electrons. The Bertz CT molecular complexity index is 435. The van der Waals surface area contributed by atoms with E-state index in [2.05, 4.69) is 36.5 Å². The molecule has 1 saturated carbocycles. The molecule has 1 aliphatic carbocycles. The first-order valence-corrected chi connectivity index (χ1v) is 8.73. The van der Waals surface area contributed by atoms with E-state index in [0.717, 1.165) is 19.2 Å². The van der Waals surface area contributed by atoms with Crippen molar-refractivity contribution in [3.05, 3.63) is 35.4 Å². The summed E-state index contributed by atoms with van der Waals surface area (Å²) in [6.45, 7) is 4.32. The van der Waals surface area contributed by atoms with E-state index in [1.165, 1.54) is 56.1 Å². The third-order valence-electron chi connectivity index (χ3n) is 4.85. The maximum absolute atomic E-state index is 5.75. The Balaban J connectivity index is 1.52. The largest absolute Gasteiger partial charge is 0.378 e. The van der Waals surface area contributed by atoms with Gasteiger partial charge < -0.3 is 10.1 Å². The molecule has 1 saturated heterocycles. The summed E-state index contributed by atoms with van der Waals surface area (Å²) in [7, 11) is 0. The van der Waals surface area contributed by atoms with Gasteiger partial charge in [-0.15, -0.1) is 0 Å². The van der Waals surface area contributed by atoms with Gasteiger partial charge >= 0.3 is 0 Å². The standard InChI is InChI=1S/C19H29NO/c1-15-5-2-6-16(13-15)17(14-20-18-10-11-18)7-3-8-19-9-4-12-21-19/h2,5-6,13,17-20H,3-4,7-12,14H2,1H3. The van der Waals surface area contributed by atoms with Crippen LogP contribution in [0.2, 0.25) is 0 Å². The zero-order chi connectivity index (χ0) is 14.5. The zero-order valence-electron chi connectivity index (χ0n) is 13.3. The molecule has 1 aromatic rings. The lowest BCUT2D eigenvalue weighted by atomic mass is 9.91. The summed E-state index contributed by atoms with van der Waals surface area (Å²) in [4.78, 5) is 0. The van der Waals surface area contributed by atoms with Gasteiger partial charge in [0, 0.05) is 19.2 Å². The Kier molecular flexibility index (Phi) is 5.32. The summed E-state index contributed by atoms with van der Waals surface area (Å²) in [6, 6.07) is 9.87. The average molecular weight is 287 g/mol. The highest BCUT2D eigenvalue weighted by molar-refractivity contribution is 5.25. The van der Waals surface area contributed by atoms with Gasteiger partial charge in [0.15, 0.2) is 0 Å². The molecule has 1 aromatic carbocycles. The van der Waals surface area contributed by atoms with Gasteiger partial charge in [0.2, 0.25) is 0 Å². The van der Waals surface area contributed by atoms with Crippen molar-refractivity contribution in [2.24, 2.45) is 0 Å². The Morgan fingerprint density at radius 3 is 2.90 bits per heavy atom. The third-order valence-corrected chi connectivity index (χ3v) is 4.85. The Labute approximate surface area is 129 Å². The maximum Gasteiger partial charge on any atom is 0.0576 e. The van der Waals surface area contributed by atoms with Crippen molar-refractivity contribution in [3.63, 3.8) is 0 Å². The highest BCUT2D eigenvalue weighted by Crippen LogP contribution is 2.27. The molecule has 2 nitrogen and oxygen atoms in total. The van der Waals surface area contributed by atoms with Gasteiger partial charge in [0.05, 0.1) is 6.10 Å². The van der Waals surface area contributed by atoms with Crippen molar-refractivity contribution in [2.75, 3.05) is 13.2 Å². The molecule has 2 heteroatoms. The molecule has 0 bridgehead atoms. The van der Waals surface area contributed by atoms with Crippen LogP contribution in [0.5, 0.6) is 0 Å². The predicted molar refractivity (Wildman–Crippen MR) is 87.8 cm³/mol. The Morgan fingerprint density at radius 1 is 1.29 bits per heavy atom. The molecule has 2 unspecified atom stereocenters. The molecule has 1 heterocycles. The summed E-state index contributed by atoms with van der Waals surface area (Å²) >= 11 is 0. The van der Waals surface area contributed by atoms with E-state index in [4.69, 9.17) is 4.74 Å². The summed E-state index contributed by atoms with van der Waals surface area (Å²) < 4.78 is 5.75. The SMILES string of the molecule is Cc1cccc(C(CCCC2CCCO2)CNC2CC2)c1. The number of ether oxygens (including phenoxy) is 1. The third kappa shape index (κ3) is 4.82. The first kappa shape index (κ1) is 15.1. The number of hydrogen-bond donors (Lipinski definition) is 1. The molecule has 2 aliphatic rings. The molecule has 21 heavy (non-hydrogen) atoms. The lowest BCUT2D eigenvalue weighted by Gasteiger charge is -2.19. The molecule has 0 amide bonds. The van der Waals surface area contributed by atoms with Crippen molar-refractivity contribution in [2.45, 2.75) is 69.9 Å². The van der Waals surface area contributed by atoms with Crippen LogP contribution in [0.25, 0.3) is 0 Å². The second-order valence-corrected chi connectivity index (χ2v) is 6.86. The van der Waals surface area contributed by atoms with Gasteiger partial charge in [0.1, 0.15) is 0 Å². The summed E-state index contributed by atoms with van der Waals surface area (Å²) in [5.41, 5.74) is 2.89. The highest BCUT2D eigenvalue weighted by atomic mass is 16.5. The number of nitrogens with one attached hydrogen (secondary N) is 1. The second kappa shape index (κ2) is 7.42. The number of rotatable bonds is 8. The van der Waals surface area contributed by atoms with Gasteiger partial charge in [0.25, 0.3) is 0 Å². The number of aryl methyl sites for hydroxylation is 1. The van der Waals surface area contributed by atoms with E-state index in [-0.39, 0.29) is 0 Å². The molecular formula is C19H29NO. The van der Waals surface area contributed by atoms with Gasteiger partial charge in [-0.3, -0.25) is 0 Å². The average Bonchev–Trinajstić information content (AvgIpc) is 3.17. The lowest BCUT2D eigenvalue weighted by Crippen LogP contribution is -2.24. The molecule has 1 aliphatic heterocycles. The van der Waals surface area contributed by atoms with Gasteiger partial charge in [-0.25, -0.2) is 0 Å². The van der Waals surface area contributed by atoms with Crippen molar-refractivity contribution >= 4 is 0 Å². The van der Waals surface area contributed by atoms with E-state index in [9.17, 15) is 0 Å². The van der Waals surface area contributed by atoms with Crippen LogP contribution in [0.4, 0.5) is 0 Å². The van der Waals surface area contributed by atoms with Crippen LogP contribution in [0, 0.1) is 6.92 Å². The molecule has 0 aromatic heterocycles. The van der Waals surface area contributed by atoms with Crippen LogP contribution in [-0.4, -0.2) is 25.3 Å². The van der Waals surface area contributed by atoms with E-state index < -0.39 is 0 Å². The first-order chi connectivity index (χ1) is 10.3. The maximum atomic E-state index is 5.75. The van der Waals surface area contributed by atoms with E-state index in [1.54, 1.807) is 0 Å². The van der Waals surface area contributed by atoms with Gasteiger partial charge in [-0.05, 0) is 56.9 Å². The quantitative estimate of drug-likeness (QED) is 0.774. The van der Waals surface area contributed by atoms with Crippen LogP contribution in [0.1, 0.15) is 62.0 Å². The van der Waals surface area contributed by atoms with E-state index in [0.29, 0.717) is 12.0 Å². The molecule has 0 spiro atoms. The second-order valence-electron chi connectivity index (χ2n) is 6.86. The highest BCUT2D eigenvalue weighted by Gasteiger charge is 2.23. The zero-order valence-corrected chi connectivity index (χ0v) is 13.3. The van der Waals surface area contributed by atoms with Crippen molar-refractivity contribution < 1.29 is 4.74 Å². The Morgan fingerprint density at radius 2 is 2.19 bits per heavy atom. The minimum absolute atomic E-state index is 0.541. The van der Waals surface area contributed by atoms with Crippen LogP contribution >= 0.6 is 0 Å². The predicted octanol–water partition coefficient (Wildman–Crippen LogP) is 4.18.